The van der Waals surface area contributed by atoms with Gasteiger partial charge in [0.2, 0.25) is 0 Å². The number of furan rings is 1. The summed E-state index contributed by atoms with van der Waals surface area (Å²) >= 11 is 0. The van der Waals surface area contributed by atoms with Crippen LogP contribution in [0.4, 0.5) is 0 Å². The first-order chi connectivity index (χ1) is 11.5. The number of fused-ring (bicyclic) bond motifs is 1. The highest BCUT2D eigenvalue weighted by molar-refractivity contribution is 5.97. The van der Waals surface area contributed by atoms with E-state index in [2.05, 4.69) is 6.92 Å². The van der Waals surface area contributed by atoms with Crippen molar-refractivity contribution in [3.8, 4) is 17.1 Å². The van der Waals surface area contributed by atoms with Gasteiger partial charge in [-0.05, 0) is 37.0 Å². The monoisotopic (exact) mass is 332 g/mol. The molecule has 0 aromatic rings. The number of unbranched alkanes of at least 4 members (excludes halogenated alkanes) is 1. The maximum Gasteiger partial charge on any atom is 0.351 e. The van der Waals surface area contributed by atoms with Crippen LogP contribution in [0.2, 0.25) is 0 Å². The van der Waals surface area contributed by atoms with Crippen molar-refractivity contribution < 1.29 is 18.7 Å². The van der Waals surface area contributed by atoms with Crippen LogP contribution in [0.3, 0.4) is 0 Å². The molecule has 0 N–H and O–H groups in total. The normalized spacial score (nSPS) is 11.0. The number of carbonyl (C=O) groups is 1. The number of hydrogen-bond acceptors (Lipinski definition) is 5. The Bertz CT molecular complexity index is 729. The van der Waals surface area contributed by atoms with Crippen molar-refractivity contribution in [2.45, 2.75) is 46.5 Å². The zero-order chi connectivity index (χ0) is 17.7. The molecule has 130 valence electrons. The van der Waals surface area contributed by atoms with Crippen LogP contribution in [0.15, 0.2) is 27.4 Å². The molecule has 1 heterocycles. The third-order valence-electron chi connectivity index (χ3n) is 3.78. The molecule has 5 heteroatoms. The Kier molecular flexibility index (Phi) is 6.01. The molecule has 1 aliphatic carbocycles. The second-order valence-corrected chi connectivity index (χ2v) is 5.93. The average Bonchev–Trinajstić information content (AvgIpc) is 2.75. The van der Waals surface area contributed by atoms with Gasteiger partial charge in [0.1, 0.15) is 0 Å². The molecular weight excluding hydrogens is 308 g/mol. The van der Waals surface area contributed by atoms with E-state index in [4.69, 9.17) is 13.9 Å². The van der Waals surface area contributed by atoms with Crippen molar-refractivity contribution in [1.29, 1.82) is 0 Å². The molecule has 0 bridgehead atoms. The van der Waals surface area contributed by atoms with Crippen molar-refractivity contribution in [3.05, 3.63) is 39.7 Å². The molecule has 1 aliphatic heterocycles. The fraction of sp³-hybridized carbons (Fsp3) is 0.474. The van der Waals surface area contributed by atoms with E-state index < -0.39 is 11.6 Å². The van der Waals surface area contributed by atoms with Crippen molar-refractivity contribution >= 4 is 5.97 Å². The van der Waals surface area contributed by atoms with Gasteiger partial charge in [-0.1, -0.05) is 33.3 Å². The minimum atomic E-state index is -0.690. The molecule has 0 unspecified atom stereocenters. The van der Waals surface area contributed by atoms with Gasteiger partial charge >= 0.3 is 11.6 Å². The zero-order valence-corrected chi connectivity index (χ0v) is 14.7. The summed E-state index contributed by atoms with van der Waals surface area (Å²) in [4.78, 5) is 24.4. The smallest absolute Gasteiger partial charge is 0.351 e. The van der Waals surface area contributed by atoms with Crippen LogP contribution < -0.4 is 10.4 Å². The first-order valence-corrected chi connectivity index (χ1v) is 8.40. The molecular formula is C19H24O5. The van der Waals surface area contributed by atoms with Crippen LogP contribution in [0.25, 0.3) is 11.3 Å². The average molecular weight is 332 g/mol. The van der Waals surface area contributed by atoms with E-state index in [0.29, 0.717) is 23.7 Å². The summed E-state index contributed by atoms with van der Waals surface area (Å²) in [7, 11) is 0. The molecule has 2 rings (SSSR count). The number of carbonyl (C=O) groups excluding carboxylic acids is 1. The van der Waals surface area contributed by atoms with E-state index in [9.17, 15) is 9.59 Å². The molecule has 0 atom stereocenters. The Labute approximate surface area is 141 Å². The molecule has 2 aliphatic rings. The first kappa shape index (κ1) is 18.0. The van der Waals surface area contributed by atoms with Gasteiger partial charge in [0, 0.05) is 5.56 Å². The van der Waals surface area contributed by atoms with Crippen molar-refractivity contribution in [2.75, 3.05) is 13.2 Å². The molecule has 0 spiro atoms. The summed E-state index contributed by atoms with van der Waals surface area (Å²) in [5.41, 5.74) is 0.672. The molecule has 0 saturated heterocycles. The maximum absolute atomic E-state index is 12.2. The second kappa shape index (κ2) is 7.99. The highest BCUT2D eigenvalue weighted by atomic mass is 16.5. The summed E-state index contributed by atoms with van der Waals surface area (Å²) in [6.07, 6.45) is 1.89. The Morgan fingerprint density at radius 2 is 2.00 bits per heavy atom. The third kappa shape index (κ3) is 3.78. The lowest BCUT2D eigenvalue weighted by Crippen LogP contribution is -2.13. The summed E-state index contributed by atoms with van der Waals surface area (Å²) < 4.78 is 16.1. The van der Waals surface area contributed by atoms with Crippen LogP contribution in [-0.2, 0) is 4.74 Å². The van der Waals surface area contributed by atoms with Crippen molar-refractivity contribution in [3.63, 3.8) is 0 Å². The van der Waals surface area contributed by atoms with Gasteiger partial charge in [-0.15, -0.1) is 0 Å². The van der Waals surface area contributed by atoms with Gasteiger partial charge in [-0.25, -0.2) is 9.59 Å². The van der Waals surface area contributed by atoms with E-state index in [1.807, 2.05) is 26.0 Å². The van der Waals surface area contributed by atoms with Crippen LogP contribution in [0.1, 0.15) is 62.4 Å². The summed E-state index contributed by atoms with van der Waals surface area (Å²) in [5, 5.41) is 0. The van der Waals surface area contributed by atoms with E-state index >= 15 is 0 Å². The number of hydrogen-bond donors (Lipinski definition) is 0. The second-order valence-electron chi connectivity index (χ2n) is 5.93. The lowest BCUT2D eigenvalue weighted by molar-refractivity contribution is 0.0524. The van der Waals surface area contributed by atoms with Crippen LogP contribution in [-0.4, -0.2) is 19.2 Å². The van der Waals surface area contributed by atoms with Crippen LogP contribution >= 0.6 is 0 Å². The number of rotatable bonds is 7. The van der Waals surface area contributed by atoms with Gasteiger partial charge in [0.25, 0.3) is 0 Å². The van der Waals surface area contributed by atoms with Gasteiger partial charge < -0.3 is 13.9 Å². The molecule has 0 saturated carbocycles. The topological polar surface area (TPSA) is 65.7 Å². The standard InChI is InChI=1S/C19H24O5/c1-5-7-10-23-15-9-8-13(12(3)4)11-14-16(18(20)22-6-2)19(21)24-17(14)15/h8-9,11-12H,5-7,10H2,1-4H3. The maximum atomic E-state index is 12.2. The Morgan fingerprint density at radius 3 is 2.62 bits per heavy atom. The van der Waals surface area contributed by atoms with Gasteiger partial charge in [-0.3, -0.25) is 0 Å². The quantitative estimate of drug-likeness (QED) is 0.561. The molecule has 0 aromatic heterocycles. The lowest BCUT2D eigenvalue weighted by atomic mass is 10.0. The molecule has 24 heavy (non-hydrogen) atoms. The molecule has 0 fully saturated rings. The van der Waals surface area contributed by atoms with Gasteiger partial charge in [-0.2, -0.15) is 0 Å². The van der Waals surface area contributed by atoms with Crippen molar-refractivity contribution in [2.24, 2.45) is 0 Å². The van der Waals surface area contributed by atoms with Crippen LogP contribution in [0, 0.1) is 0 Å². The zero-order valence-electron chi connectivity index (χ0n) is 14.7. The van der Waals surface area contributed by atoms with Crippen LogP contribution in [0.5, 0.6) is 5.75 Å². The Hall–Kier alpha value is -2.30. The van der Waals surface area contributed by atoms with Gasteiger partial charge in [0.15, 0.2) is 17.1 Å². The minimum absolute atomic E-state index is 0.0645. The third-order valence-corrected chi connectivity index (χ3v) is 3.78. The summed E-state index contributed by atoms with van der Waals surface area (Å²) in [6, 6.07) is 5.54. The fourth-order valence-corrected chi connectivity index (χ4v) is 2.40. The SMILES string of the molecule is CCCCOc1ccc(C(C)C)cc2c(C(=O)OCC)c(=O)oc1-2. The summed E-state index contributed by atoms with van der Waals surface area (Å²) in [6.45, 7) is 8.57. The highest BCUT2D eigenvalue weighted by Gasteiger charge is 2.28. The first-order valence-electron chi connectivity index (χ1n) is 8.40. The molecule has 0 amide bonds. The minimum Gasteiger partial charge on any atom is -0.490 e. The largest absolute Gasteiger partial charge is 0.490 e. The van der Waals surface area contributed by atoms with E-state index in [1.54, 1.807) is 13.0 Å². The number of esters is 1. The highest BCUT2D eigenvalue weighted by Crippen LogP contribution is 2.35. The predicted octanol–water partition coefficient (Wildman–Crippen LogP) is 4.22. The lowest BCUT2D eigenvalue weighted by Gasteiger charge is -2.05. The van der Waals surface area contributed by atoms with Crippen molar-refractivity contribution in [1.82, 2.24) is 0 Å². The predicted molar refractivity (Wildman–Crippen MR) is 92.0 cm³/mol. The van der Waals surface area contributed by atoms with Gasteiger partial charge in [0.05, 0.1) is 13.2 Å². The number of ether oxygens (including phenoxy) is 2. The molecule has 0 aromatic carbocycles. The molecule has 5 nitrogen and oxygen atoms in total. The Morgan fingerprint density at radius 1 is 1.25 bits per heavy atom. The fourth-order valence-electron chi connectivity index (χ4n) is 2.40. The van der Waals surface area contributed by atoms with E-state index in [-0.39, 0.29) is 18.1 Å². The van der Waals surface area contributed by atoms with E-state index in [0.717, 1.165) is 18.4 Å². The molecule has 0 radical (unpaired) electrons. The Balaban J connectivity index is 2.60. The van der Waals surface area contributed by atoms with E-state index in [1.165, 1.54) is 0 Å². The summed E-state index contributed by atoms with van der Waals surface area (Å²) in [5.74, 6) is 0.329.